The molecule has 124 valence electrons. The van der Waals surface area contributed by atoms with Crippen LogP contribution in [0.5, 0.6) is 0 Å². The Morgan fingerprint density at radius 2 is 2.12 bits per heavy atom. The maximum atomic E-state index is 13.0. The smallest absolute Gasteiger partial charge is 0.259 e. The predicted molar refractivity (Wildman–Crippen MR) is 90.7 cm³/mol. The van der Waals surface area contributed by atoms with Crippen molar-refractivity contribution < 1.29 is 9.32 Å². The van der Waals surface area contributed by atoms with Crippen molar-refractivity contribution in [3.63, 3.8) is 0 Å². The maximum Gasteiger partial charge on any atom is 0.259 e. The number of hydrogen-bond donors (Lipinski definition) is 0. The van der Waals surface area contributed by atoms with Gasteiger partial charge in [0.1, 0.15) is 0 Å². The Labute approximate surface area is 140 Å². The largest absolute Gasteiger partial charge is 0.336 e. The normalized spacial score (nSPS) is 11.2. The molecular formula is C18H20N4O2. The first-order valence-electron chi connectivity index (χ1n) is 7.89. The molecule has 3 aromatic rings. The summed E-state index contributed by atoms with van der Waals surface area (Å²) < 4.78 is 5.28. The van der Waals surface area contributed by atoms with Crippen molar-refractivity contribution in [2.24, 2.45) is 0 Å². The molecule has 0 N–H and O–H groups in total. The SMILES string of the molecule is Cc1noc2nc(C(C)C)cc(C(=O)N(C)Cc3ccccn3)c12. The van der Waals surface area contributed by atoms with Crippen molar-refractivity contribution >= 4 is 17.0 Å². The van der Waals surface area contributed by atoms with Crippen LogP contribution in [0.4, 0.5) is 0 Å². The predicted octanol–water partition coefficient (Wildman–Crippen LogP) is 3.32. The molecule has 0 aliphatic carbocycles. The van der Waals surface area contributed by atoms with Crippen molar-refractivity contribution in [3.8, 4) is 0 Å². The minimum absolute atomic E-state index is 0.0961. The Balaban J connectivity index is 2.00. The highest BCUT2D eigenvalue weighted by atomic mass is 16.5. The second-order valence-electron chi connectivity index (χ2n) is 6.18. The van der Waals surface area contributed by atoms with Crippen LogP contribution in [0.1, 0.15) is 47.2 Å². The standard InChI is InChI=1S/C18H20N4O2/c1-11(2)15-9-14(16-12(3)21-24-17(16)20-15)18(23)22(4)10-13-7-5-6-8-19-13/h5-9,11H,10H2,1-4H3. The van der Waals surface area contributed by atoms with E-state index in [1.807, 2.05) is 45.0 Å². The maximum absolute atomic E-state index is 13.0. The fraction of sp³-hybridized carbons (Fsp3) is 0.333. The van der Waals surface area contributed by atoms with Gasteiger partial charge in [0.2, 0.25) is 0 Å². The van der Waals surface area contributed by atoms with Gasteiger partial charge in [0.15, 0.2) is 0 Å². The molecule has 0 unspecified atom stereocenters. The van der Waals surface area contributed by atoms with Gasteiger partial charge in [0.05, 0.1) is 28.9 Å². The van der Waals surface area contributed by atoms with Crippen molar-refractivity contribution in [3.05, 3.63) is 53.1 Å². The summed E-state index contributed by atoms with van der Waals surface area (Å²) in [5.41, 5.74) is 3.30. The molecule has 0 aromatic carbocycles. The van der Waals surface area contributed by atoms with Gasteiger partial charge in [-0.15, -0.1) is 0 Å². The summed E-state index contributed by atoms with van der Waals surface area (Å²) in [6.07, 6.45) is 1.72. The van der Waals surface area contributed by atoms with Crippen LogP contribution in [0, 0.1) is 6.92 Å². The Hall–Kier alpha value is -2.76. The Kier molecular flexibility index (Phi) is 4.29. The lowest BCUT2D eigenvalue weighted by molar-refractivity contribution is 0.0785. The third-order valence-corrected chi connectivity index (χ3v) is 3.93. The van der Waals surface area contributed by atoms with E-state index >= 15 is 0 Å². The number of pyridine rings is 2. The number of aromatic nitrogens is 3. The van der Waals surface area contributed by atoms with E-state index in [0.29, 0.717) is 28.9 Å². The number of carbonyl (C=O) groups excluding carboxylic acids is 1. The topological polar surface area (TPSA) is 72.1 Å². The van der Waals surface area contributed by atoms with E-state index in [1.54, 1.807) is 18.1 Å². The molecule has 24 heavy (non-hydrogen) atoms. The first kappa shape index (κ1) is 16.1. The zero-order valence-corrected chi connectivity index (χ0v) is 14.3. The van der Waals surface area contributed by atoms with Gasteiger partial charge in [-0.3, -0.25) is 9.78 Å². The summed E-state index contributed by atoms with van der Waals surface area (Å²) in [5, 5.41) is 4.64. The summed E-state index contributed by atoms with van der Waals surface area (Å²) in [4.78, 5) is 23.4. The second-order valence-corrected chi connectivity index (χ2v) is 6.18. The molecule has 0 atom stereocenters. The van der Waals surface area contributed by atoms with Gasteiger partial charge < -0.3 is 9.42 Å². The van der Waals surface area contributed by atoms with Crippen molar-refractivity contribution in [2.45, 2.75) is 33.2 Å². The molecule has 0 spiro atoms. The average Bonchev–Trinajstić information content (AvgIpc) is 2.95. The minimum atomic E-state index is -0.0961. The molecular weight excluding hydrogens is 304 g/mol. The Morgan fingerprint density at radius 3 is 2.79 bits per heavy atom. The molecule has 0 saturated carbocycles. The molecule has 1 amide bonds. The number of carbonyl (C=O) groups is 1. The molecule has 0 bridgehead atoms. The van der Waals surface area contributed by atoms with Gasteiger partial charge in [-0.1, -0.05) is 25.1 Å². The van der Waals surface area contributed by atoms with Crippen LogP contribution in [0.25, 0.3) is 11.1 Å². The van der Waals surface area contributed by atoms with Gasteiger partial charge >= 0.3 is 0 Å². The highest BCUT2D eigenvalue weighted by Gasteiger charge is 2.22. The van der Waals surface area contributed by atoms with Gasteiger partial charge in [-0.2, -0.15) is 0 Å². The summed E-state index contributed by atoms with van der Waals surface area (Å²) in [5.74, 6) is 0.0914. The first-order chi connectivity index (χ1) is 11.5. The molecule has 6 heteroatoms. The van der Waals surface area contributed by atoms with Crippen LogP contribution in [-0.4, -0.2) is 33.0 Å². The number of fused-ring (bicyclic) bond motifs is 1. The van der Waals surface area contributed by atoms with E-state index in [9.17, 15) is 4.79 Å². The van der Waals surface area contributed by atoms with Crippen LogP contribution in [-0.2, 0) is 6.54 Å². The number of hydrogen-bond acceptors (Lipinski definition) is 5. The van der Waals surface area contributed by atoms with Gasteiger partial charge in [0, 0.05) is 18.9 Å². The van der Waals surface area contributed by atoms with Crippen LogP contribution in [0.2, 0.25) is 0 Å². The van der Waals surface area contributed by atoms with E-state index in [4.69, 9.17) is 4.52 Å². The number of rotatable bonds is 4. The molecule has 3 rings (SSSR count). The molecule has 0 aliphatic heterocycles. The van der Waals surface area contributed by atoms with Gasteiger partial charge in [-0.05, 0) is 31.0 Å². The summed E-state index contributed by atoms with van der Waals surface area (Å²) in [7, 11) is 1.77. The lowest BCUT2D eigenvalue weighted by Gasteiger charge is -2.18. The monoisotopic (exact) mass is 324 g/mol. The van der Waals surface area contributed by atoms with Gasteiger partial charge in [0.25, 0.3) is 11.6 Å². The van der Waals surface area contributed by atoms with Crippen LogP contribution in [0.3, 0.4) is 0 Å². The molecule has 0 fully saturated rings. The summed E-state index contributed by atoms with van der Waals surface area (Å²) in [6, 6.07) is 7.50. The van der Waals surface area contributed by atoms with Crippen LogP contribution >= 0.6 is 0 Å². The van der Waals surface area contributed by atoms with E-state index in [1.165, 1.54) is 0 Å². The Bertz CT molecular complexity index is 871. The van der Waals surface area contributed by atoms with E-state index in [2.05, 4.69) is 15.1 Å². The molecule has 0 aliphatic rings. The van der Waals surface area contributed by atoms with E-state index in [-0.39, 0.29) is 11.8 Å². The third-order valence-electron chi connectivity index (χ3n) is 3.93. The lowest BCUT2D eigenvalue weighted by Crippen LogP contribution is -2.27. The average molecular weight is 324 g/mol. The highest BCUT2D eigenvalue weighted by molar-refractivity contribution is 6.05. The summed E-state index contributed by atoms with van der Waals surface area (Å²) >= 11 is 0. The van der Waals surface area contributed by atoms with E-state index < -0.39 is 0 Å². The third kappa shape index (κ3) is 2.99. The number of nitrogens with zero attached hydrogens (tertiary/aromatic N) is 4. The minimum Gasteiger partial charge on any atom is -0.336 e. The molecule has 3 aromatic heterocycles. The van der Waals surface area contributed by atoms with Gasteiger partial charge in [-0.25, -0.2) is 4.98 Å². The second kappa shape index (κ2) is 6.39. The van der Waals surface area contributed by atoms with Crippen LogP contribution < -0.4 is 0 Å². The van der Waals surface area contributed by atoms with Crippen molar-refractivity contribution in [1.82, 2.24) is 20.0 Å². The molecule has 3 heterocycles. The highest BCUT2D eigenvalue weighted by Crippen LogP contribution is 2.26. The van der Waals surface area contributed by atoms with Crippen LogP contribution in [0.15, 0.2) is 35.0 Å². The number of aryl methyl sites for hydroxylation is 1. The molecule has 0 saturated heterocycles. The zero-order valence-electron chi connectivity index (χ0n) is 14.3. The van der Waals surface area contributed by atoms with Crippen molar-refractivity contribution in [1.29, 1.82) is 0 Å². The molecule has 0 radical (unpaired) electrons. The van der Waals surface area contributed by atoms with Crippen molar-refractivity contribution in [2.75, 3.05) is 7.05 Å². The number of amides is 1. The molecule has 6 nitrogen and oxygen atoms in total. The fourth-order valence-electron chi connectivity index (χ4n) is 2.59. The Morgan fingerprint density at radius 1 is 1.33 bits per heavy atom. The lowest BCUT2D eigenvalue weighted by atomic mass is 10.0. The van der Waals surface area contributed by atoms with E-state index in [0.717, 1.165) is 11.4 Å². The summed E-state index contributed by atoms with van der Waals surface area (Å²) in [6.45, 7) is 6.31. The zero-order chi connectivity index (χ0) is 17.3. The quantitative estimate of drug-likeness (QED) is 0.736. The first-order valence-corrected chi connectivity index (χ1v) is 7.89. The fourth-order valence-corrected chi connectivity index (χ4v) is 2.59.